The number of anilines is 1. The summed E-state index contributed by atoms with van der Waals surface area (Å²) in [5.74, 6) is 0.916. The van der Waals surface area contributed by atoms with Gasteiger partial charge in [0.05, 0.1) is 0 Å². The van der Waals surface area contributed by atoms with E-state index in [1.165, 1.54) is 12.1 Å². The molecule has 1 heterocycles. The maximum absolute atomic E-state index is 13.1. The van der Waals surface area contributed by atoms with E-state index >= 15 is 0 Å². The van der Waals surface area contributed by atoms with Crippen molar-refractivity contribution in [2.75, 3.05) is 32.2 Å². The van der Waals surface area contributed by atoms with Crippen LogP contribution in [-0.4, -0.2) is 40.0 Å². The Morgan fingerprint density at radius 3 is 2.20 bits per heavy atom. The number of piperidine rings is 1. The van der Waals surface area contributed by atoms with Gasteiger partial charge in [-0.2, -0.15) is 0 Å². The van der Waals surface area contributed by atoms with Gasteiger partial charge >= 0.3 is 6.36 Å². The van der Waals surface area contributed by atoms with Crippen molar-refractivity contribution in [1.82, 2.24) is 0 Å². The first-order valence-corrected chi connectivity index (χ1v) is 15.6. The highest BCUT2D eigenvalue weighted by Crippen LogP contribution is 2.43. The molecule has 0 saturated carbocycles. The minimum Gasteiger partial charge on any atom is -0.489 e. The third kappa shape index (κ3) is 7.40. The predicted octanol–water partition coefficient (Wildman–Crippen LogP) is 8.90. The number of aryl methyl sites for hydroxylation is 1. The zero-order valence-corrected chi connectivity index (χ0v) is 26.1. The third-order valence-electron chi connectivity index (χ3n) is 8.87. The SMILES string of the molecule is COC(OC)C1CCN(c2ccc(C3=C(c4cccc(OC(F)(F)F)c4)CCc4cc(OCc5ccccc5)ccc43)cc2)CC1. The number of hydrogen-bond acceptors (Lipinski definition) is 5. The van der Waals surface area contributed by atoms with Gasteiger partial charge in [0.1, 0.15) is 18.1 Å². The molecule has 0 atom stereocenters. The van der Waals surface area contributed by atoms with Gasteiger partial charge in [-0.05, 0) is 101 Å². The second kappa shape index (κ2) is 14.0. The van der Waals surface area contributed by atoms with Crippen LogP contribution < -0.4 is 14.4 Å². The van der Waals surface area contributed by atoms with Crippen molar-refractivity contribution >= 4 is 16.8 Å². The number of hydrogen-bond donors (Lipinski definition) is 0. The van der Waals surface area contributed by atoms with E-state index in [9.17, 15) is 13.2 Å². The van der Waals surface area contributed by atoms with E-state index in [0.717, 1.165) is 77.2 Å². The van der Waals surface area contributed by atoms with E-state index in [4.69, 9.17) is 14.2 Å². The second-order valence-electron chi connectivity index (χ2n) is 11.7. The average molecular weight is 630 g/mol. The van der Waals surface area contributed by atoms with Crippen molar-refractivity contribution in [2.24, 2.45) is 5.92 Å². The Balaban J connectivity index is 1.31. The maximum Gasteiger partial charge on any atom is 0.573 e. The largest absolute Gasteiger partial charge is 0.573 e. The molecule has 1 aliphatic carbocycles. The summed E-state index contributed by atoms with van der Waals surface area (Å²) in [6.45, 7) is 2.28. The molecule has 2 aliphatic rings. The molecule has 8 heteroatoms. The molecule has 1 fully saturated rings. The Kier molecular flexibility index (Phi) is 9.66. The highest BCUT2D eigenvalue weighted by Gasteiger charge is 2.32. The fraction of sp³-hybridized carbons (Fsp3) is 0.316. The quantitative estimate of drug-likeness (QED) is 0.164. The molecule has 1 saturated heterocycles. The van der Waals surface area contributed by atoms with Gasteiger partial charge in [0, 0.05) is 38.9 Å². The molecular weight excluding hydrogens is 591 g/mol. The average Bonchev–Trinajstić information content (AvgIpc) is 3.07. The van der Waals surface area contributed by atoms with Crippen LogP contribution in [0.4, 0.5) is 18.9 Å². The minimum absolute atomic E-state index is 0.189. The highest BCUT2D eigenvalue weighted by molar-refractivity contribution is 6.01. The molecule has 240 valence electrons. The summed E-state index contributed by atoms with van der Waals surface area (Å²) in [7, 11) is 3.37. The van der Waals surface area contributed by atoms with Crippen LogP contribution in [0.3, 0.4) is 0 Å². The molecule has 0 amide bonds. The monoisotopic (exact) mass is 629 g/mol. The number of alkyl halides is 3. The topological polar surface area (TPSA) is 40.2 Å². The second-order valence-corrected chi connectivity index (χ2v) is 11.7. The van der Waals surface area contributed by atoms with Crippen LogP contribution in [0.1, 0.15) is 47.1 Å². The van der Waals surface area contributed by atoms with Crippen molar-refractivity contribution in [2.45, 2.75) is 44.9 Å². The van der Waals surface area contributed by atoms with Crippen LogP contribution in [0.5, 0.6) is 11.5 Å². The molecule has 0 unspecified atom stereocenters. The zero-order valence-electron chi connectivity index (χ0n) is 26.1. The summed E-state index contributed by atoms with van der Waals surface area (Å²) in [5, 5.41) is 0. The van der Waals surface area contributed by atoms with Crippen molar-refractivity contribution in [3.8, 4) is 11.5 Å². The molecule has 4 aromatic carbocycles. The van der Waals surface area contributed by atoms with Crippen LogP contribution in [0.25, 0.3) is 11.1 Å². The molecular formula is C38H38F3NO4. The molecule has 0 bridgehead atoms. The first kappa shape index (κ1) is 31.7. The normalized spacial score (nSPS) is 15.7. The number of benzene rings is 4. The summed E-state index contributed by atoms with van der Waals surface area (Å²) < 4.78 is 60.7. The van der Waals surface area contributed by atoms with E-state index in [-0.39, 0.29) is 12.0 Å². The smallest absolute Gasteiger partial charge is 0.489 e. The standard InChI is InChI=1S/C38H38F3NO4/c1-43-37(44-2)28-19-21-42(22-20-28)31-14-11-27(12-15-31)36-34(29-9-6-10-33(24-29)46-38(39,40)41)17-13-30-23-32(16-18-35(30)36)45-25-26-7-4-3-5-8-26/h3-12,14-16,18,23-24,28,37H,13,17,19-22,25H2,1-2H3. The number of fused-ring (bicyclic) bond motifs is 1. The van der Waals surface area contributed by atoms with Gasteiger partial charge in [-0.3, -0.25) is 0 Å². The summed E-state index contributed by atoms with van der Waals surface area (Å²) in [6.07, 6.45) is -1.61. The predicted molar refractivity (Wildman–Crippen MR) is 174 cm³/mol. The van der Waals surface area contributed by atoms with Gasteiger partial charge in [0.2, 0.25) is 0 Å². The third-order valence-corrected chi connectivity index (χ3v) is 8.87. The van der Waals surface area contributed by atoms with Crippen LogP contribution in [0.2, 0.25) is 0 Å². The van der Waals surface area contributed by atoms with Crippen molar-refractivity contribution < 1.29 is 32.1 Å². The van der Waals surface area contributed by atoms with Gasteiger partial charge < -0.3 is 23.8 Å². The molecule has 0 aromatic heterocycles. The fourth-order valence-corrected chi connectivity index (χ4v) is 6.65. The summed E-state index contributed by atoms with van der Waals surface area (Å²) >= 11 is 0. The lowest BCUT2D eigenvalue weighted by atomic mass is 9.79. The molecule has 0 N–H and O–H groups in total. The molecule has 6 rings (SSSR count). The lowest BCUT2D eigenvalue weighted by Gasteiger charge is -2.36. The molecule has 4 aromatic rings. The Labute approximate surface area is 268 Å². The fourth-order valence-electron chi connectivity index (χ4n) is 6.65. The Hall–Kier alpha value is -4.27. The van der Waals surface area contributed by atoms with Crippen molar-refractivity contribution in [3.05, 3.63) is 125 Å². The number of rotatable bonds is 10. The first-order valence-electron chi connectivity index (χ1n) is 15.6. The van der Waals surface area contributed by atoms with E-state index in [0.29, 0.717) is 24.5 Å². The number of ether oxygens (including phenoxy) is 4. The lowest BCUT2D eigenvalue weighted by Crippen LogP contribution is -2.39. The van der Waals surface area contributed by atoms with Gasteiger partial charge in [-0.25, -0.2) is 0 Å². The Bertz CT molecular complexity index is 1640. The number of methoxy groups -OCH3 is 2. The van der Waals surface area contributed by atoms with Crippen LogP contribution in [0, 0.1) is 5.92 Å². The first-order chi connectivity index (χ1) is 22.3. The zero-order chi connectivity index (χ0) is 32.1. The molecule has 5 nitrogen and oxygen atoms in total. The molecule has 1 aliphatic heterocycles. The highest BCUT2D eigenvalue weighted by atomic mass is 19.4. The number of nitrogens with zero attached hydrogens (tertiary/aromatic N) is 1. The number of halogens is 3. The minimum atomic E-state index is -4.76. The molecule has 46 heavy (non-hydrogen) atoms. The van der Waals surface area contributed by atoms with Gasteiger partial charge in [-0.15, -0.1) is 13.2 Å². The maximum atomic E-state index is 13.1. The van der Waals surface area contributed by atoms with Gasteiger partial charge in [0.15, 0.2) is 6.29 Å². The van der Waals surface area contributed by atoms with Crippen molar-refractivity contribution in [3.63, 3.8) is 0 Å². The Morgan fingerprint density at radius 2 is 1.50 bits per heavy atom. The van der Waals surface area contributed by atoms with Crippen LogP contribution in [0.15, 0.2) is 97.1 Å². The van der Waals surface area contributed by atoms with E-state index in [1.807, 2.05) is 42.5 Å². The number of allylic oxidation sites excluding steroid dienone is 1. The van der Waals surface area contributed by atoms with E-state index < -0.39 is 6.36 Å². The molecule has 0 radical (unpaired) electrons. The summed E-state index contributed by atoms with van der Waals surface area (Å²) in [6, 6.07) is 31.0. The van der Waals surface area contributed by atoms with Crippen LogP contribution in [-0.2, 0) is 22.5 Å². The molecule has 0 spiro atoms. The van der Waals surface area contributed by atoms with E-state index in [2.05, 4.69) is 46.0 Å². The Morgan fingerprint density at radius 1 is 0.761 bits per heavy atom. The van der Waals surface area contributed by atoms with Gasteiger partial charge in [-0.1, -0.05) is 60.7 Å². The van der Waals surface area contributed by atoms with E-state index in [1.54, 1.807) is 20.3 Å². The summed E-state index contributed by atoms with van der Waals surface area (Å²) in [4.78, 5) is 2.38. The lowest BCUT2D eigenvalue weighted by molar-refractivity contribution is -0.274. The van der Waals surface area contributed by atoms with Crippen molar-refractivity contribution in [1.29, 1.82) is 0 Å². The summed E-state index contributed by atoms with van der Waals surface area (Å²) in [5.41, 5.74) is 8.13. The van der Waals surface area contributed by atoms with Gasteiger partial charge in [0.25, 0.3) is 0 Å². The van der Waals surface area contributed by atoms with Crippen LogP contribution >= 0.6 is 0 Å².